The molecule has 0 radical (unpaired) electrons. The first-order chi connectivity index (χ1) is 12.7. The second-order valence-electron chi connectivity index (χ2n) is 6.45. The van der Waals surface area contributed by atoms with Crippen LogP contribution in [0.5, 0.6) is 5.75 Å². The molecule has 1 unspecified atom stereocenters. The Balaban J connectivity index is 1.61. The third-order valence-electron chi connectivity index (χ3n) is 4.72. The van der Waals surface area contributed by atoms with E-state index in [-0.39, 0.29) is 12.1 Å². The number of thiophene rings is 1. The van der Waals surface area contributed by atoms with E-state index >= 15 is 0 Å². The number of ether oxygens (including phenoxy) is 1. The number of urea groups is 1. The van der Waals surface area contributed by atoms with Crippen LogP contribution in [-0.4, -0.2) is 62.7 Å². The zero-order valence-electron chi connectivity index (χ0n) is 15.3. The maximum absolute atomic E-state index is 12.4. The first-order valence-electron chi connectivity index (χ1n) is 8.80. The molecule has 1 aliphatic rings. The largest absolute Gasteiger partial charge is 0.495 e. The molecule has 140 valence electrons. The second-order valence-corrected chi connectivity index (χ2v) is 7.23. The van der Waals surface area contributed by atoms with E-state index in [0.29, 0.717) is 18.0 Å². The summed E-state index contributed by atoms with van der Waals surface area (Å²) in [6.45, 7) is 4.68. The number of nitrogens with zero attached hydrogens (tertiary/aromatic N) is 2. The zero-order valence-corrected chi connectivity index (χ0v) is 16.1. The van der Waals surface area contributed by atoms with Gasteiger partial charge in [0.1, 0.15) is 5.75 Å². The van der Waals surface area contributed by atoms with Crippen molar-refractivity contribution in [2.24, 2.45) is 0 Å². The average molecular weight is 375 g/mol. The molecule has 0 saturated carbocycles. The van der Waals surface area contributed by atoms with Gasteiger partial charge in [0.25, 0.3) is 0 Å². The number of hydrogen-bond acceptors (Lipinski definition) is 5. The van der Waals surface area contributed by atoms with Crippen molar-refractivity contribution in [3.05, 3.63) is 46.7 Å². The van der Waals surface area contributed by atoms with Crippen LogP contribution in [0.25, 0.3) is 0 Å². The lowest BCUT2D eigenvalue weighted by Gasteiger charge is -2.38. The van der Waals surface area contributed by atoms with Gasteiger partial charge in [-0.05, 0) is 41.6 Å². The van der Waals surface area contributed by atoms with Gasteiger partial charge in [0.2, 0.25) is 0 Å². The van der Waals surface area contributed by atoms with Gasteiger partial charge >= 0.3 is 6.03 Å². The van der Waals surface area contributed by atoms with Crippen LogP contribution in [0.15, 0.2) is 41.1 Å². The monoisotopic (exact) mass is 374 g/mol. The molecule has 2 amide bonds. The molecule has 1 aliphatic heterocycles. The van der Waals surface area contributed by atoms with Crippen molar-refractivity contribution >= 4 is 23.1 Å². The van der Waals surface area contributed by atoms with Crippen molar-refractivity contribution in [1.29, 1.82) is 0 Å². The lowest BCUT2D eigenvalue weighted by Crippen LogP contribution is -2.48. The van der Waals surface area contributed by atoms with Crippen LogP contribution in [0.1, 0.15) is 11.6 Å². The van der Waals surface area contributed by atoms with E-state index in [1.807, 2.05) is 24.3 Å². The first kappa shape index (κ1) is 18.7. The molecule has 3 rings (SSSR count). The van der Waals surface area contributed by atoms with E-state index in [1.54, 1.807) is 18.4 Å². The number of piperazine rings is 1. The molecule has 26 heavy (non-hydrogen) atoms. The Kier molecular flexibility index (Phi) is 6.49. The SMILES string of the molecule is COc1ccccc1NC(=O)NCC(c1ccsc1)N1CCN(C)CC1. The minimum atomic E-state index is -0.219. The quantitative estimate of drug-likeness (QED) is 0.816. The Labute approximate surface area is 158 Å². The Morgan fingerprint density at radius 3 is 2.69 bits per heavy atom. The van der Waals surface area contributed by atoms with Gasteiger partial charge in [-0.2, -0.15) is 11.3 Å². The summed E-state index contributed by atoms with van der Waals surface area (Å²) >= 11 is 1.69. The summed E-state index contributed by atoms with van der Waals surface area (Å²) in [4.78, 5) is 17.2. The van der Waals surface area contributed by atoms with E-state index < -0.39 is 0 Å². The van der Waals surface area contributed by atoms with E-state index in [1.165, 1.54) is 5.56 Å². The molecule has 6 nitrogen and oxygen atoms in total. The van der Waals surface area contributed by atoms with Crippen molar-refractivity contribution in [3.8, 4) is 5.75 Å². The number of benzene rings is 1. The molecule has 1 fully saturated rings. The molecule has 1 atom stereocenters. The molecule has 2 aromatic rings. The van der Waals surface area contributed by atoms with E-state index in [0.717, 1.165) is 26.2 Å². The number of methoxy groups -OCH3 is 1. The van der Waals surface area contributed by atoms with Gasteiger partial charge in [-0.1, -0.05) is 12.1 Å². The number of amides is 2. The average Bonchev–Trinajstić information content (AvgIpc) is 3.18. The highest BCUT2D eigenvalue weighted by Crippen LogP contribution is 2.25. The van der Waals surface area contributed by atoms with Gasteiger partial charge in [-0.3, -0.25) is 4.90 Å². The van der Waals surface area contributed by atoms with Crippen LogP contribution in [-0.2, 0) is 0 Å². The van der Waals surface area contributed by atoms with E-state index in [4.69, 9.17) is 4.74 Å². The fourth-order valence-corrected chi connectivity index (χ4v) is 3.87. The van der Waals surface area contributed by atoms with Crippen LogP contribution in [0.2, 0.25) is 0 Å². The lowest BCUT2D eigenvalue weighted by molar-refractivity contribution is 0.111. The molecule has 0 aliphatic carbocycles. The maximum atomic E-state index is 12.4. The molecule has 0 bridgehead atoms. The number of para-hydroxylation sites is 2. The smallest absolute Gasteiger partial charge is 0.319 e. The number of carbonyl (C=O) groups excluding carboxylic acids is 1. The van der Waals surface area contributed by atoms with Gasteiger partial charge in [0.05, 0.1) is 18.8 Å². The van der Waals surface area contributed by atoms with Crippen molar-refractivity contribution in [3.63, 3.8) is 0 Å². The van der Waals surface area contributed by atoms with E-state index in [2.05, 4.69) is 44.3 Å². The summed E-state index contributed by atoms with van der Waals surface area (Å²) in [6, 6.07) is 9.53. The maximum Gasteiger partial charge on any atom is 0.319 e. The topological polar surface area (TPSA) is 56.8 Å². The number of rotatable bonds is 6. The van der Waals surface area contributed by atoms with Crippen LogP contribution in [0, 0.1) is 0 Å². The minimum absolute atomic E-state index is 0.193. The fraction of sp³-hybridized carbons (Fsp3) is 0.421. The summed E-state index contributed by atoms with van der Waals surface area (Å²) in [7, 11) is 3.74. The zero-order chi connectivity index (χ0) is 18.4. The number of nitrogens with one attached hydrogen (secondary N) is 2. The van der Waals surface area contributed by atoms with Crippen molar-refractivity contribution < 1.29 is 9.53 Å². The molecular formula is C19H26N4O2S. The molecular weight excluding hydrogens is 348 g/mol. The standard InChI is InChI=1S/C19H26N4O2S/c1-22-8-10-23(11-9-22)17(15-7-12-26-14-15)13-20-19(24)21-16-5-3-4-6-18(16)25-2/h3-7,12,14,17H,8-11,13H2,1-2H3,(H2,20,21,24). The lowest BCUT2D eigenvalue weighted by atomic mass is 10.1. The number of hydrogen-bond donors (Lipinski definition) is 2. The third-order valence-corrected chi connectivity index (χ3v) is 5.42. The van der Waals surface area contributed by atoms with Crippen LogP contribution in [0.4, 0.5) is 10.5 Å². The van der Waals surface area contributed by atoms with Crippen molar-refractivity contribution in [2.75, 3.05) is 52.2 Å². The van der Waals surface area contributed by atoms with Crippen molar-refractivity contribution in [2.45, 2.75) is 6.04 Å². The summed E-state index contributed by atoms with van der Waals surface area (Å²) < 4.78 is 5.28. The summed E-state index contributed by atoms with van der Waals surface area (Å²) in [5.74, 6) is 0.649. The number of likely N-dealkylation sites (N-methyl/N-ethyl adjacent to an activating group) is 1. The predicted molar refractivity (Wildman–Crippen MR) is 106 cm³/mol. The second kappa shape index (κ2) is 9.02. The van der Waals surface area contributed by atoms with Crippen LogP contribution >= 0.6 is 11.3 Å². The number of carbonyl (C=O) groups is 1. The Hall–Kier alpha value is -2.09. The van der Waals surface area contributed by atoms with Gasteiger partial charge in [-0.15, -0.1) is 0 Å². The highest BCUT2D eigenvalue weighted by Gasteiger charge is 2.24. The van der Waals surface area contributed by atoms with Gasteiger partial charge < -0.3 is 20.3 Å². The van der Waals surface area contributed by atoms with Gasteiger partial charge in [0, 0.05) is 32.7 Å². The molecule has 2 N–H and O–H groups in total. The number of anilines is 1. The molecule has 1 saturated heterocycles. The Bertz CT molecular complexity index is 699. The predicted octanol–water partition coefficient (Wildman–Crippen LogP) is 2.87. The van der Waals surface area contributed by atoms with E-state index in [9.17, 15) is 4.79 Å². The van der Waals surface area contributed by atoms with Crippen molar-refractivity contribution in [1.82, 2.24) is 15.1 Å². The molecule has 1 aromatic heterocycles. The molecule has 2 heterocycles. The normalized spacial score (nSPS) is 16.8. The summed E-state index contributed by atoms with van der Waals surface area (Å²) in [5.41, 5.74) is 1.93. The Morgan fingerprint density at radius 2 is 2.00 bits per heavy atom. The molecule has 1 aromatic carbocycles. The highest BCUT2D eigenvalue weighted by molar-refractivity contribution is 7.07. The highest BCUT2D eigenvalue weighted by atomic mass is 32.1. The van der Waals surface area contributed by atoms with Gasteiger partial charge in [0.15, 0.2) is 0 Å². The summed E-state index contributed by atoms with van der Waals surface area (Å²) in [6.07, 6.45) is 0. The summed E-state index contributed by atoms with van der Waals surface area (Å²) in [5, 5.41) is 10.2. The molecule has 7 heteroatoms. The van der Waals surface area contributed by atoms with Crippen LogP contribution < -0.4 is 15.4 Å². The third kappa shape index (κ3) is 4.75. The van der Waals surface area contributed by atoms with Crippen LogP contribution in [0.3, 0.4) is 0 Å². The fourth-order valence-electron chi connectivity index (χ4n) is 3.16. The minimum Gasteiger partial charge on any atom is -0.495 e. The Morgan fingerprint density at radius 1 is 1.23 bits per heavy atom. The molecule has 0 spiro atoms. The first-order valence-corrected chi connectivity index (χ1v) is 9.74. The van der Waals surface area contributed by atoms with Gasteiger partial charge in [-0.25, -0.2) is 4.79 Å².